The Kier molecular flexibility index (Phi) is 4.62. The number of rotatable bonds is 5. The fourth-order valence-corrected chi connectivity index (χ4v) is 2.76. The van der Waals surface area contributed by atoms with Crippen molar-refractivity contribution in [3.63, 3.8) is 0 Å². The zero-order valence-corrected chi connectivity index (χ0v) is 10.6. The van der Waals surface area contributed by atoms with Crippen LogP contribution in [0.3, 0.4) is 0 Å². The van der Waals surface area contributed by atoms with Gasteiger partial charge >= 0.3 is 0 Å². The summed E-state index contributed by atoms with van der Waals surface area (Å²) in [7, 11) is 0. The van der Waals surface area contributed by atoms with Crippen molar-refractivity contribution in [1.29, 1.82) is 0 Å². The van der Waals surface area contributed by atoms with E-state index >= 15 is 0 Å². The third kappa shape index (κ3) is 3.19. The Labute approximate surface area is 98.9 Å². The molecule has 94 valence electrons. The Morgan fingerprint density at radius 3 is 2.81 bits per heavy atom. The Morgan fingerprint density at radius 2 is 2.12 bits per heavy atom. The van der Waals surface area contributed by atoms with Crippen molar-refractivity contribution in [1.82, 2.24) is 5.32 Å². The van der Waals surface area contributed by atoms with Gasteiger partial charge in [-0.2, -0.15) is 0 Å². The summed E-state index contributed by atoms with van der Waals surface area (Å²) in [4.78, 5) is 0. The van der Waals surface area contributed by atoms with Crippen molar-refractivity contribution < 1.29 is 9.47 Å². The summed E-state index contributed by atoms with van der Waals surface area (Å²) < 4.78 is 11.3. The molecule has 16 heavy (non-hydrogen) atoms. The lowest BCUT2D eigenvalue weighted by Crippen LogP contribution is -2.35. The maximum atomic E-state index is 5.89. The highest BCUT2D eigenvalue weighted by molar-refractivity contribution is 4.85. The minimum atomic E-state index is 0.446. The second-order valence-corrected chi connectivity index (χ2v) is 5.56. The molecule has 0 aromatic heterocycles. The molecule has 2 aliphatic heterocycles. The van der Waals surface area contributed by atoms with Gasteiger partial charge in [0, 0.05) is 31.6 Å². The Balaban J connectivity index is 1.74. The van der Waals surface area contributed by atoms with Crippen LogP contribution in [0.2, 0.25) is 0 Å². The Bertz CT molecular complexity index is 202. The van der Waals surface area contributed by atoms with Crippen LogP contribution in [0.15, 0.2) is 0 Å². The summed E-state index contributed by atoms with van der Waals surface area (Å²) in [6.07, 6.45) is 2.85. The molecule has 0 bridgehead atoms. The summed E-state index contributed by atoms with van der Waals surface area (Å²) in [5.74, 6) is 2.08. The molecule has 3 unspecified atom stereocenters. The second kappa shape index (κ2) is 5.99. The van der Waals surface area contributed by atoms with Crippen LogP contribution in [0.4, 0.5) is 0 Å². The van der Waals surface area contributed by atoms with Gasteiger partial charge in [0.05, 0.1) is 12.7 Å². The highest BCUT2D eigenvalue weighted by Crippen LogP contribution is 2.31. The maximum absolute atomic E-state index is 5.89. The van der Waals surface area contributed by atoms with Crippen molar-refractivity contribution in [2.45, 2.75) is 32.8 Å². The number of nitrogens with one attached hydrogen (secondary N) is 1. The molecule has 2 fully saturated rings. The second-order valence-electron chi connectivity index (χ2n) is 5.56. The lowest BCUT2D eigenvalue weighted by molar-refractivity contribution is 0.0356. The van der Waals surface area contributed by atoms with Gasteiger partial charge < -0.3 is 14.8 Å². The van der Waals surface area contributed by atoms with E-state index in [2.05, 4.69) is 19.2 Å². The molecule has 0 aromatic carbocycles. The van der Waals surface area contributed by atoms with Gasteiger partial charge in [-0.3, -0.25) is 0 Å². The molecule has 0 aromatic rings. The zero-order chi connectivity index (χ0) is 11.4. The molecule has 3 nitrogen and oxygen atoms in total. The quantitative estimate of drug-likeness (QED) is 0.775. The van der Waals surface area contributed by atoms with Gasteiger partial charge in [-0.15, -0.1) is 0 Å². The van der Waals surface area contributed by atoms with E-state index in [4.69, 9.17) is 9.47 Å². The summed E-state index contributed by atoms with van der Waals surface area (Å²) in [6.45, 7) is 9.50. The van der Waals surface area contributed by atoms with Gasteiger partial charge in [0.2, 0.25) is 0 Å². The van der Waals surface area contributed by atoms with Gasteiger partial charge in [-0.25, -0.2) is 0 Å². The van der Waals surface area contributed by atoms with Crippen LogP contribution in [0.1, 0.15) is 26.7 Å². The van der Waals surface area contributed by atoms with E-state index in [9.17, 15) is 0 Å². The third-order valence-corrected chi connectivity index (χ3v) is 3.65. The molecule has 3 heteroatoms. The van der Waals surface area contributed by atoms with E-state index in [0.29, 0.717) is 17.9 Å². The SMILES string of the molecule is CC(C)CNCC1CCOC1C1CCOC1. The van der Waals surface area contributed by atoms with Crippen LogP contribution in [-0.2, 0) is 9.47 Å². The number of hydrogen-bond donors (Lipinski definition) is 1. The molecular formula is C13H25NO2. The normalized spacial score (nSPS) is 35.1. The van der Waals surface area contributed by atoms with Crippen molar-refractivity contribution in [2.75, 3.05) is 32.9 Å². The summed E-state index contributed by atoms with van der Waals surface area (Å²) >= 11 is 0. The first-order chi connectivity index (χ1) is 7.77. The highest BCUT2D eigenvalue weighted by Gasteiger charge is 2.36. The minimum absolute atomic E-state index is 0.446. The molecule has 1 N–H and O–H groups in total. The van der Waals surface area contributed by atoms with E-state index in [1.807, 2.05) is 0 Å². The monoisotopic (exact) mass is 227 g/mol. The molecule has 0 amide bonds. The first kappa shape index (κ1) is 12.3. The Morgan fingerprint density at radius 1 is 1.25 bits per heavy atom. The molecule has 0 radical (unpaired) electrons. The standard InChI is InChI=1S/C13H25NO2/c1-10(2)7-14-8-11-4-6-16-13(11)12-3-5-15-9-12/h10-14H,3-9H2,1-2H3. The summed E-state index contributed by atoms with van der Waals surface area (Å²) in [5, 5.41) is 3.56. The molecule has 2 heterocycles. The molecule has 0 aliphatic carbocycles. The predicted molar refractivity (Wildman–Crippen MR) is 64.5 cm³/mol. The molecular weight excluding hydrogens is 202 g/mol. The van der Waals surface area contributed by atoms with E-state index in [0.717, 1.165) is 38.8 Å². The average Bonchev–Trinajstić information content (AvgIpc) is 2.84. The fourth-order valence-electron chi connectivity index (χ4n) is 2.76. The van der Waals surface area contributed by atoms with Gasteiger partial charge in [0.1, 0.15) is 0 Å². The summed E-state index contributed by atoms with van der Waals surface area (Å²) in [5.41, 5.74) is 0. The van der Waals surface area contributed by atoms with E-state index < -0.39 is 0 Å². The Hall–Kier alpha value is -0.120. The van der Waals surface area contributed by atoms with Gasteiger partial charge in [-0.1, -0.05) is 13.8 Å². The first-order valence-electron chi connectivity index (χ1n) is 6.67. The largest absolute Gasteiger partial charge is 0.381 e. The molecule has 3 atom stereocenters. The molecule has 0 saturated carbocycles. The summed E-state index contributed by atoms with van der Waals surface area (Å²) in [6, 6.07) is 0. The minimum Gasteiger partial charge on any atom is -0.381 e. The molecule has 2 rings (SSSR count). The van der Waals surface area contributed by atoms with Crippen molar-refractivity contribution in [3.8, 4) is 0 Å². The third-order valence-electron chi connectivity index (χ3n) is 3.65. The first-order valence-corrected chi connectivity index (χ1v) is 6.67. The number of hydrogen-bond acceptors (Lipinski definition) is 3. The molecule has 2 saturated heterocycles. The molecule has 2 aliphatic rings. The lowest BCUT2D eigenvalue weighted by Gasteiger charge is -2.24. The maximum Gasteiger partial charge on any atom is 0.0667 e. The predicted octanol–water partition coefficient (Wildman–Crippen LogP) is 1.67. The van der Waals surface area contributed by atoms with E-state index in [-0.39, 0.29) is 0 Å². The highest BCUT2D eigenvalue weighted by atomic mass is 16.5. The van der Waals surface area contributed by atoms with Crippen LogP contribution in [0.5, 0.6) is 0 Å². The topological polar surface area (TPSA) is 30.5 Å². The zero-order valence-electron chi connectivity index (χ0n) is 10.6. The van der Waals surface area contributed by atoms with Gasteiger partial charge in [0.15, 0.2) is 0 Å². The van der Waals surface area contributed by atoms with Crippen molar-refractivity contribution >= 4 is 0 Å². The van der Waals surface area contributed by atoms with Gasteiger partial charge in [0.25, 0.3) is 0 Å². The van der Waals surface area contributed by atoms with E-state index in [1.54, 1.807) is 0 Å². The van der Waals surface area contributed by atoms with Crippen LogP contribution in [0.25, 0.3) is 0 Å². The lowest BCUT2D eigenvalue weighted by atomic mass is 9.90. The van der Waals surface area contributed by atoms with Crippen LogP contribution < -0.4 is 5.32 Å². The number of ether oxygens (including phenoxy) is 2. The fraction of sp³-hybridized carbons (Fsp3) is 1.00. The van der Waals surface area contributed by atoms with Crippen LogP contribution in [-0.4, -0.2) is 39.0 Å². The van der Waals surface area contributed by atoms with Gasteiger partial charge in [-0.05, 0) is 25.3 Å². The smallest absolute Gasteiger partial charge is 0.0667 e. The van der Waals surface area contributed by atoms with E-state index in [1.165, 1.54) is 12.8 Å². The average molecular weight is 227 g/mol. The molecule has 0 spiro atoms. The van der Waals surface area contributed by atoms with Crippen molar-refractivity contribution in [2.24, 2.45) is 17.8 Å². The van der Waals surface area contributed by atoms with Crippen LogP contribution in [0, 0.1) is 17.8 Å². The van der Waals surface area contributed by atoms with Crippen LogP contribution >= 0.6 is 0 Å². The van der Waals surface area contributed by atoms with Crippen molar-refractivity contribution in [3.05, 3.63) is 0 Å².